The van der Waals surface area contributed by atoms with Crippen molar-refractivity contribution >= 4 is 34.8 Å². The number of hydrogen-bond donors (Lipinski definition) is 2. The van der Waals surface area contributed by atoms with Crippen LogP contribution in [0.3, 0.4) is 0 Å². The second-order valence-electron chi connectivity index (χ2n) is 5.34. The number of nitrogens with one attached hydrogen (secondary N) is 1. The van der Waals surface area contributed by atoms with E-state index in [1.54, 1.807) is 23.5 Å². The summed E-state index contributed by atoms with van der Waals surface area (Å²) in [5.74, 6) is -2.09. The molecule has 1 aliphatic rings. The second kappa shape index (κ2) is 6.10. The van der Waals surface area contributed by atoms with Crippen LogP contribution in [0.4, 0.5) is 0 Å². The van der Waals surface area contributed by atoms with Gasteiger partial charge in [-0.2, -0.15) is 11.3 Å². The molecule has 114 valence electrons. The molecule has 1 aliphatic carbocycles. The van der Waals surface area contributed by atoms with Crippen LogP contribution in [-0.2, 0) is 9.59 Å². The Morgan fingerprint density at radius 1 is 1.18 bits per heavy atom. The SMILES string of the molecule is O=C(O)C1CC1C(=O)NC(c1ccc(Cl)cc1)c1ccsc1. The Morgan fingerprint density at radius 3 is 2.45 bits per heavy atom. The van der Waals surface area contributed by atoms with E-state index in [0.717, 1.165) is 11.1 Å². The van der Waals surface area contributed by atoms with Crippen molar-refractivity contribution in [2.75, 3.05) is 0 Å². The van der Waals surface area contributed by atoms with Gasteiger partial charge < -0.3 is 10.4 Å². The maximum atomic E-state index is 12.3. The number of carbonyl (C=O) groups excluding carboxylic acids is 1. The molecule has 1 fully saturated rings. The lowest BCUT2D eigenvalue weighted by atomic mass is 10.0. The van der Waals surface area contributed by atoms with Gasteiger partial charge in [-0.1, -0.05) is 23.7 Å². The van der Waals surface area contributed by atoms with E-state index < -0.39 is 17.8 Å². The molecule has 0 radical (unpaired) electrons. The van der Waals surface area contributed by atoms with Gasteiger partial charge in [0.2, 0.25) is 5.91 Å². The molecule has 6 heteroatoms. The van der Waals surface area contributed by atoms with Crippen molar-refractivity contribution in [2.24, 2.45) is 11.8 Å². The summed E-state index contributed by atoms with van der Waals surface area (Å²) >= 11 is 7.46. The van der Waals surface area contributed by atoms with Crippen LogP contribution in [0.1, 0.15) is 23.6 Å². The van der Waals surface area contributed by atoms with Crippen molar-refractivity contribution in [1.82, 2.24) is 5.32 Å². The predicted octanol–water partition coefficient (Wildman–Crippen LogP) is 3.33. The van der Waals surface area contributed by atoms with Gasteiger partial charge in [0.05, 0.1) is 17.9 Å². The summed E-state index contributed by atoms with van der Waals surface area (Å²) in [7, 11) is 0. The standard InChI is InChI=1S/C16H14ClNO3S/c17-11-3-1-9(2-4-11)14(10-5-6-22-8-10)18-15(19)12-7-13(12)16(20)21/h1-6,8,12-14H,7H2,(H,18,19)(H,20,21). The largest absolute Gasteiger partial charge is 0.481 e. The molecule has 0 bridgehead atoms. The fourth-order valence-electron chi connectivity index (χ4n) is 2.46. The van der Waals surface area contributed by atoms with Crippen molar-refractivity contribution in [1.29, 1.82) is 0 Å². The molecule has 0 aliphatic heterocycles. The van der Waals surface area contributed by atoms with Gasteiger partial charge in [0.25, 0.3) is 0 Å². The topological polar surface area (TPSA) is 66.4 Å². The quantitative estimate of drug-likeness (QED) is 0.880. The number of hydrogen-bond acceptors (Lipinski definition) is 3. The van der Waals surface area contributed by atoms with E-state index in [0.29, 0.717) is 11.4 Å². The molecule has 3 atom stereocenters. The normalized spacial score (nSPS) is 21.1. The molecule has 1 aromatic heterocycles. The fraction of sp³-hybridized carbons (Fsp3) is 0.250. The molecule has 1 saturated carbocycles. The molecule has 1 heterocycles. The molecular weight excluding hydrogens is 322 g/mol. The molecule has 2 N–H and O–H groups in total. The maximum absolute atomic E-state index is 12.3. The van der Waals surface area contributed by atoms with Gasteiger partial charge in [-0.15, -0.1) is 0 Å². The maximum Gasteiger partial charge on any atom is 0.307 e. The number of rotatable bonds is 5. The van der Waals surface area contributed by atoms with E-state index in [1.807, 2.05) is 29.0 Å². The first-order valence-corrected chi connectivity index (χ1v) is 8.19. The first kappa shape index (κ1) is 15.1. The van der Waals surface area contributed by atoms with Gasteiger partial charge in [-0.3, -0.25) is 9.59 Å². The summed E-state index contributed by atoms with van der Waals surface area (Å²) in [6, 6.07) is 8.95. The highest BCUT2D eigenvalue weighted by molar-refractivity contribution is 7.08. The van der Waals surface area contributed by atoms with Crippen LogP contribution in [-0.4, -0.2) is 17.0 Å². The van der Waals surface area contributed by atoms with Crippen LogP contribution in [0.5, 0.6) is 0 Å². The zero-order valence-corrected chi connectivity index (χ0v) is 13.1. The van der Waals surface area contributed by atoms with Gasteiger partial charge in [0, 0.05) is 5.02 Å². The average Bonchev–Trinajstić information content (AvgIpc) is 3.14. The highest BCUT2D eigenvalue weighted by Gasteiger charge is 2.48. The molecule has 22 heavy (non-hydrogen) atoms. The minimum Gasteiger partial charge on any atom is -0.481 e. The van der Waals surface area contributed by atoms with Gasteiger partial charge in [0.15, 0.2) is 0 Å². The van der Waals surface area contributed by atoms with E-state index in [4.69, 9.17) is 16.7 Å². The van der Waals surface area contributed by atoms with Gasteiger partial charge in [0.1, 0.15) is 0 Å². The van der Waals surface area contributed by atoms with Crippen molar-refractivity contribution in [3.05, 3.63) is 57.2 Å². The Hall–Kier alpha value is -1.85. The van der Waals surface area contributed by atoms with Crippen molar-refractivity contribution in [3.8, 4) is 0 Å². The number of carbonyl (C=O) groups is 2. The lowest BCUT2D eigenvalue weighted by Crippen LogP contribution is -2.31. The molecular formula is C16H14ClNO3S. The Bertz CT molecular complexity index is 684. The summed E-state index contributed by atoms with van der Waals surface area (Å²) < 4.78 is 0. The van der Waals surface area contributed by atoms with Gasteiger partial charge >= 0.3 is 5.97 Å². The predicted molar refractivity (Wildman–Crippen MR) is 85.0 cm³/mol. The summed E-state index contributed by atoms with van der Waals surface area (Å²) in [5.41, 5.74) is 1.90. The Morgan fingerprint density at radius 2 is 1.91 bits per heavy atom. The minimum atomic E-state index is -0.904. The lowest BCUT2D eigenvalue weighted by molar-refractivity contribution is -0.140. The smallest absolute Gasteiger partial charge is 0.307 e. The average molecular weight is 336 g/mol. The number of thiophene rings is 1. The van der Waals surface area contributed by atoms with E-state index in [1.165, 1.54) is 0 Å². The summed E-state index contributed by atoms with van der Waals surface area (Å²) in [6.07, 6.45) is 0.415. The first-order valence-electron chi connectivity index (χ1n) is 6.87. The van der Waals surface area contributed by atoms with Crippen LogP contribution in [0.25, 0.3) is 0 Å². The molecule has 3 rings (SSSR count). The molecule has 0 saturated heterocycles. The molecule has 2 aromatic rings. The summed E-state index contributed by atoms with van der Waals surface area (Å²) in [5, 5.41) is 16.5. The molecule has 1 aromatic carbocycles. The third-order valence-electron chi connectivity index (χ3n) is 3.81. The van der Waals surface area contributed by atoms with Crippen LogP contribution in [0, 0.1) is 11.8 Å². The van der Waals surface area contributed by atoms with Crippen LogP contribution >= 0.6 is 22.9 Å². The van der Waals surface area contributed by atoms with E-state index >= 15 is 0 Å². The third-order valence-corrected chi connectivity index (χ3v) is 4.76. The second-order valence-corrected chi connectivity index (χ2v) is 6.55. The van der Waals surface area contributed by atoms with E-state index in [-0.39, 0.29) is 11.9 Å². The van der Waals surface area contributed by atoms with Crippen molar-refractivity contribution < 1.29 is 14.7 Å². The van der Waals surface area contributed by atoms with E-state index in [9.17, 15) is 9.59 Å². The van der Waals surface area contributed by atoms with Crippen LogP contribution < -0.4 is 5.32 Å². The van der Waals surface area contributed by atoms with Crippen LogP contribution in [0.2, 0.25) is 5.02 Å². The van der Waals surface area contributed by atoms with Crippen molar-refractivity contribution in [2.45, 2.75) is 12.5 Å². The Kier molecular flexibility index (Phi) is 4.18. The Labute approximate surface area is 136 Å². The zero-order valence-electron chi connectivity index (χ0n) is 11.5. The molecule has 0 spiro atoms. The number of aliphatic carboxylic acids is 1. The Balaban J connectivity index is 1.80. The molecule has 4 nitrogen and oxygen atoms in total. The van der Waals surface area contributed by atoms with E-state index in [2.05, 4.69) is 5.32 Å². The summed E-state index contributed by atoms with van der Waals surface area (Å²) in [6.45, 7) is 0. The summed E-state index contributed by atoms with van der Waals surface area (Å²) in [4.78, 5) is 23.2. The molecule has 3 unspecified atom stereocenters. The number of halogens is 1. The lowest BCUT2D eigenvalue weighted by Gasteiger charge is -2.18. The number of carboxylic acids is 1. The monoisotopic (exact) mass is 335 g/mol. The third kappa shape index (κ3) is 3.15. The fourth-order valence-corrected chi connectivity index (χ4v) is 3.27. The van der Waals surface area contributed by atoms with Gasteiger partial charge in [-0.05, 0) is 46.5 Å². The highest BCUT2D eigenvalue weighted by Crippen LogP contribution is 2.39. The van der Waals surface area contributed by atoms with Crippen LogP contribution in [0.15, 0.2) is 41.1 Å². The van der Waals surface area contributed by atoms with Gasteiger partial charge in [-0.25, -0.2) is 0 Å². The number of amides is 1. The number of carboxylic acid groups (broad SMARTS) is 1. The number of benzene rings is 1. The molecule has 1 amide bonds. The first-order chi connectivity index (χ1) is 10.6. The van der Waals surface area contributed by atoms with Crippen molar-refractivity contribution in [3.63, 3.8) is 0 Å². The minimum absolute atomic E-state index is 0.210. The zero-order chi connectivity index (χ0) is 15.7. The highest BCUT2D eigenvalue weighted by atomic mass is 35.5.